The van der Waals surface area contributed by atoms with Crippen LogP contribution in [-0.2, 0) is 13.1 Å². The van der Waals surface area contributed by atoms with E-state index in [1.54, 1.807) is 0 Å². The summed E-state index contributed by atoms with van der Waals surface area (Å²) in [5, 5.41) is 1.38. The third kappa shape index (κ3) is 3.56. The second-order valence-corrected chi connectivity index (χ2v) is 7.08. The first-order valence-electron chi connectivity index (χ1n) is 8.54. The van der Waals surface area contributed by atoms with Crippen molar-refractivity contribution in [2.75, 3.05) is 13.2 Å². The lowest BCUT2D eigenvalue weighted by molar-refractivity contribution is 0.217. The normalized spacial score (nSPS) is 14.4. The van der Waals surface area contributed by atoms with Gasteiger partial charge in [-0.05, 0) is 29.3 Å². The van der Waals surface area contributed by atoms with E-state index in [2.05, 4.69) is 22.0 Å². The minimum Gasteiger partial charge on any atom is -0.476 e. The molecule has 1 aromatic heterocycles. The summed E-state index contributed by atoms with van der Waals surface area (Å²) in [5.74, 6) is 0.708. The van der Waals surface area contributed by atoms with Gasteiger partial charge in [0, 0.05) is 47.0 Å². The molecule has 1 aliphatic heterocycles. The highest BCUT2D eigenvalue weighted by Gasteiger charge is 2.21. The van der Waals surface area contributed by atoms with Crippen LogP contribution in [0.4, 0.5) is 0 Å². The molecule has 2 aromatic carbocycles. The molecule has 1 aliphatic rings. The van der Waals surface area contributed by atoms with Crippen molar-refractivity contribution in [2.45, 2.75) is 13.1 Å². The molecule has 5 heteroatoms. The molecule has 0 fully saturated rings. The quantitative estimate of drug-likeness (QED) is 0.600. The molecule has 0 bridgehead atoms. The molecule has 0 atom stereocenters. The van der Waals surface area contributed by atoms with E-state index in [1.165, 1.54) is 0 Å². The molecule has 0 saturated carbocycles. The molecule has 132 valence electrons. The van der Waals surface area contributed by atoms with Crippen LogP contribution >= 0.6 is 23.2 Å². The molecule has 2 heterocycles. The van der Waals surface area contributed by atoms with Gasteiger partial charge in [0.1, 0.15) is 6.61 Å². The standard InChI is InChI=1S/C21H18Cl2N2O/c22-19-7-4-8-20(23)18(19)14-25-11-12-26-21-17(13-25)16(9-10-24-21)15-5-2-1-3-6-15/h1-10H,11-14H2. The van der Waals surface area contributed by atoms with Gasteiger partial charge in [-0.3, -0.25) is 4.90 Å². The van der Waals surface area contributed by atoms with Crippen LogP contribution < -0.4 is 4.74 Å². The predicted molar refractivity (Wildman–Crippen MR) is 106 cm³/mol. The Bertz CT molecular complexity index is 895. The maximum atomic E-state index is 6.36. The van der Waals surface area contributed by atoms with E-state index in [1.807, 2.05) is 48.7 Å². The van der Waals surface area contributed by atoms with Crippen LogP contribution in [0.1, 0.15) is 11.1 Å². The highest BCUT2D eigenvalue weighted by Crippen LogP contribution is 2.33. The lowest BCUT2D eigenvalue weighted by atomic mass is 10.0. The van der Waals surface area contributed by atoms with Gasteiger partial charge in [0.15, 0.2) is 0 Å². The molecule has 0 unspecified atom stereocenters. The molecule has 4 rings (SSSR count). The Kier molecular flexibility index (Phi) is 5.11. The SMILES string of the molecule is Clc1cccc(Cl)c1CN1CCOc2nccc(-c3ccccc3)c2C1. The smallest absolute Gasteiger partial charge is 0.218 e. The lowest BCUT2D eigenvalue weighted by Gasteiger charge is -2.21. The molecule has 3 nitrogen and oxygen atoms in total. The minimum atomic E-state index is 0.584. The van der Waals surface area contributed by atoms with Crippen molar-refractivity contribution in [2.24, 2.45) is 0 Å². The van der Waals surface area contributed by atoms with Crippen molar-refractivity contribution >= 4 is 23.2 Å². The Labute approximate surface area is 163 Å². The maximum absolute atomic E-state index is 6.36. The fourth-order valence-electron chi connectivity index (χ4n) is 3.25. The van der Waals surface area contributed by atoms with Gasteiger partial charge in [-0.1, -0.05) is 59.6 Å². The van der Waals surface area contributed by atoms with E-state index >= 15 is 0 Å². The zero-order valence-corrected chi connectivity index (χ0v) is 15.7. The summed E-state index contributed by atoms with van der Waals surface area (Å²) in [6.45, 7) is 2.77. The van der Waals surface area contributed by atoms with Gasteiger partial charge in [-0.15, -0.1) is 0 Å². The number of fused-ring (bicyclic) bond motifs is 1. The van der Waals surface area contributed by atoms with Crippen molar-refractivity contribution in [3.63, 3.8) is 0 Å². The van der Waals surface area contributed by atoms with E-state index in [4.69, 9.17) is 27.9 Å². The van der Waals surface area contributed by atoms with Crippen LogP contribution in [0, 0.1) is 0 Å². The zero-order valence-electron chi connectivity index (χ0n) is 14.2. The van der Waals surface area contributed by atoms with Crippen LogP contribution in [-0.4, -0.2) is 23.0 Å². The van der Waals surface area contributed by atoms with Gasteiger partial charge in [0.2, 0.25) is 5.88 Å². The second-order valence-electron chi connectivity index (χ2n) is 6.27. The minimum absolute atomic E-state index is 0.584. The summed E-state index contributed by atoms with van der Waals surface area (Å²) in [6.07, 6.45) is 1.81. The molecule has 0 spiro atoms. The number of benzene rings is 2. The van der Waals surface area contributed by atoms with Crippen molar-refractivity contribution in [3.05, 3.63) is 82.0 Å². The van der Waals surface area contributed by atoms with Gasteiger partial charge in [0.25, 0.3) is 0 Å². The van der Waals surface area contributed by atoms with E-state index in [0.29, 0.717) is 29.1 Å². The van der Waals surface area contributed by atoms with E-state index in [0.717, 1.165) is 35.3 Å². The topological polar surface area (TPSA) is 25.4 Å². The number of hydrogen-bond donors (Lipinski definition) is 0. The fraction of sp³-hybridized carbons (Fsp3) is 0.190. The Morgan fingerprint density at radius 1 is 0.962 bits per heavy atom. The number of pyridine rings is 1. The zero-order chi connectivity index (χ0) is 17.9. The first-order valence-corrected chi connectivity index (χ1v) is 9.29. The lowest BCUT2D eigenvalue weighted by Crippen LogP contribution is -2.25. The summed E-state index contributed by atoms with van der Waals surface area (Å²) in [7, 11) is 0. The fourth-order valence-corrected chi connectivity index (χ4v) is 3.77. The highest BCUT2D eigenvalue weighted by atomic mass is 35.5. The number of rotatable bonds is 3. The summed E-state index contributed by atoms with van der Waals surface area (Å²) in [5.41, 5.74) is 4.35. The predicted octanol–water partition coefficient (Wildman–Crippen LogP) is 5.45. The van der Waals surface area contributed by atoms with Crippen LogP contribution in [0.5, 0.6) is 5.88 Å². The van der Waals surface area contributed by atoms with Gasteiger partial charge < -0.3 is 4.74 Å². The monoisotopic (exact) mass is 384 g/mol. The Hall–Kier alpha value is -2.07. The molecular formula is C21H18Cl2N2O. The first-order chi connectivity index (χ1) is 12.7. The highest BCUT2D eigenvalue weighted by molar-refractivity contribution is 6.35. The van der Waals surface area contributed by atoms with Crippen molar-refractivity contribution in [1.29, 1.82) is 0 Å². The number of ether oxygens (including phenoxy) is 1. The van der Waals surface area contributed by atoms with Crippen molar-refractivity contribution in [1.82, 2.24) is 9.88 Å². The van der Waals surface area contributed by atoms with Gasteiger partial charge in [0.05, 0.1) is 0 Å². The summed E-state index contributed by atoms with van der Waals surface area (Å²) in [4.78, 5) is 6.74. The van der Waals surface area contributed by atoms with E-state index in [9.17, 15) is 0 Å². The number of nitrogens with zero attached hydrogens (tertiary/aromatic N) is 2. The Balaban J connectivity index is 1.68. The third-order valence-electron chi connectivity index (χ3n) is 4.57. The van der Waals surface area contributed by atoms with Crippen LogP contribution in [0.2, 0.25) is 10.0 Å². The number of hydrogen-bond acceptors (Lipinski definition) is 3. The maximum Gasteiger partial charge on any atom is 0.218 e. The molecule has 0 aliphatic carbocycles. The van der Waals surface area contributed by atoms with Crippen LogP contribution in [0.15, 0.2) is 60.8 Å². The van der Waals surface area contributed by atoms with Crippen molar-refractivity contribution in [3.8, 4) is 17.0 Å². The van der Waals surface area contributed by atoms with E-state index in [-0.39, 0.29) is 0 Å². The molecule has 0 saturated heterocycles. The molecule has 3 aromatic rings. The molecule has 26 heavy (non-hydrogen) atoms. The average molecular weight is 385 g/mol. The molecule has 0 radical (unpaired) electrons. The first kappa shape index (κ1) is 17.3. The van der Waals surface area contributed by atoms with Crippen molar-refractivity contribution < 1.29 is 4.74 Å². The summed E-state index contributed by atoms with van der Waals surface area (Å²) in [6, 6.07) is 18.0. The largest absolute Gasteiger partial charge is 0.476 e. The number of aromatic nitrogens is 1. The Morgan fingerprint density at radius 2 is 1.73 bits per heavy atom. The van der Waals surface area contributed by atoms with E-state index < -0.39 is 0 Å². The molecular weight excluding hydrogens is 367 g/mol. The summed E-state index contributed by atoms with van der Waals surface area (Å²) < 4.78 is 5.92. The molecule has 0 N–H and O–H groups in total. The Morgan fingerprint density at radius 3 is 2.50 bits per heavy atom. The van der Waals surface area contributed by atoms with Gasteiger partial charge >= 0.3 is 0 Å². The van der Waals surface area contributed by atoms with Crippen LogP contribution in [0.3, 0.4) is 0 Å². The summed E-state index contributed by atoms with van der Waals surface area (Å²) >= 11 is 12.7. The van der Waals surface area contributed by atoms with Crippen LogP contribution in [0.25, 0.3) is 11.1 Å². The number of halogens is 2. The average Bonchev–Trinajstić information content (AvgIpc) is 2.87. The second kappa shape index (κ2) is 7.67. The van der Waals surface area contributed by atoms with Gasteiger partial charge in [-0.2, -0.15) is 0 Å². The third-order valence-corrected chi connectivity index (χ3v) is 5.28. The van der Waals surface area contributed by atoms with Gasteiger partial charge in [-0.25, -0.2) is 4.98 Å². The molecule has 0 amide bonds.